The second-order valence-electron chi connectivity index (χ2n) is 3.87. The SMILES string of the molecule is Cc1cc(C(N)=S)nc(NC(C)CS(C)=O)n1. The van der Waals surface area contributed by atoms with Gasteiger partial charge in [0, 0.05) is 34.5 Å². The van der Waals surface area contributed by atoms with Crippen molar-refractivity contribution in [2.24, 2.45) is 5.73 Å². The second kappa shape index (κ2) is 6.02. The minimum atomic E-state index is -0.857. The van der Waals surface area contributed by atoms with Gasteiger partial charge in [-0.15, -0.1) is 0 Å². The number of rotatable bonds is 5. The van der Waals surface area contributed by atoms with Crippen molar-refractivity contribution in [1.82, 2.24) is 9.97 Å². The molecule has 1 aromatic rings. The predicted molar refractivity (Wildman–Crippen MR) is 74.7 cm³/mol. The van der Waals surface area contributed by atoms with Gasteiger partial charge in [-0.05, 0) is 19.9 Å². The predicted octanol–water partition coefficient (Wildman–Crippen LogP) is 0.598. The lowest BCUT2D eigenvalue weighted by Gasteiger charge is -2.13. The third kappa shape index (κ3) is 4.74. The van der Waals surface area contributed by atoms with Crippen molar-refractivity contribution < 1.29 is 4.21 Å². The minimum absolute atomic E-state index is 0.0295. The quantitative estimate of drug-likeness (QED) is 0.764. The van der Waals surface area contributed by atoms with Crippen LogP contribution in [-0.2, 0) is 10.8 Å². The van der Waals surface area contributed by atoms with Crippen molar-refractivity contribution in [3.8, 4) is 0 Å². The molecule has 5 nitrogen and oxygen atoms in total. The molecule has 2 atom stereocenters. The number of anilines is 1. The lowest BCUT2D eigenvalue weighted by Crippen LogP contribution is -2.24. The number of aromatic nitrogens is 2. The molecule has 0 aliphatic heterocycles. The van der Waals surface area contributed by atoms with E-state index in [1.165, 1.54) is 0 Å². The molecule has 94 valence electrons. The third-order valence-corrected chi connectivity index (χ3v) is 3.15. The maximum atomic E-state index is 11.1. The Labute approximate surface area is 109 Å². The molecule has 3 N–H and O–H groups in total. The van der Waals surface area contributed by atoms with Gasteiger partial charge in [-0.1, -0.05) is 12.2 Å². The molecule has 0 amide bonds. The molecule has 1 rings (SSSR count). The molecule has 1 heterocycles. The van der Waals surface area contributed by atoms with E-state index in [9.17, 15) is 4.21 Å². The summed E-state index contributed by atoms with van der Waals surface area (Å²) in [6, 6.07) is 1.76. The topological polar surface area (TPSA) is 80.9 Å². The average molecular weight is 272 g/mol. The van der Waals surface area contributed by atoms with E-state index in [2.05, 4.69) is 15.3 Å². The van der Waals surface area contributed by atoms with Crippen LogP contribution in [0, 0.1) is 6.92 Å². The zero-order valence-corrected chi connectivity index (χ0v) is 11.7. The first-order chi connectivity index (χ1) is 7.88. The molecule has 0 spiro atoms. The Bertz CT molecular complexity index is 450. The maximum absolute atomic E-state index is 11.1. The number of nitrogens with zero attached hydrogens (tertiary/aromatic N) is 2. The molecule has 0 aromatic carbocycles. The Morgan fingerprint density at radius 3 is 2.82 bits per heavy atom. The summed E-state index contributed by atoms with van der Waals surface area (Å²) in [6.45, 7) is 3.77. The van der Waals surface area contributed by atoms with Crippen molar-refractivity contribution in [1.29, 1.82) is 0 Å². The number of hydrogen-bond donors (Lipinski definition) is 2. The van der Waals surface area contributed by atoms with E-state index >= 15 is 0 Å². The van der Waals surface area contributed by atoms with Gasteiger partial charge in [0.1, 0.15) is 10.7 Å². The van der Waals surface area contributed by atoms with E-state index in [1.807, 2.05) is 13.8 Å². The zero-order valence-electron chi connectivity index (χ0n) is 10.1. The lowest BCUT2D eigenvalue weighted by atomic mass is 10.3. The minimum Gasteiger partial charge on any atom is -0.388 e. The average Bonchev–Trinajstić information content (AvgIpc) is 2.14. The first kappa shape index (κ1) is 14.0. The van der Waals surface area contributed by atoms with E-state index in [0.717, 1.165) is 5.69 Å². The van der Waals surface area contributed by atoms with Crippen molar-refractivity contribution >= 4 is 34.0 Å². The number of thiocarbonyl (C=S) groups is 1. The summed E-state index contributed by atoms with van der Waals surface area (Å²) in [7, 11) is -0.857. The highest BCUT2D eigenvalue weighted by molar-refractivity contribution is 7.84. The van der Waals surface area contributed by atoms with E-state index in [-0.39, 0.29) is 11.0 Å². The first-order valence-corrected chi connectivity index (χ1v) is 7.24. The number of aryl methyl sites for hydroxylation is 1. The van der Waals surface area contributed by atoms with Crippen molar-refractivity contribution in [2.75, 3.05) is 17.3 Å². The van der Waals surface area contributed by atoms with Gasteiger partial charge >= 0.3 is 0 Å². The van der Waals surface area contributed by atoms with Crippen LogP contribution in [0.4, 0.5) is 5.95 Å². The molecule has 17 heavy (non-hydrogen) atoms. The molecule has 0 aliphatic rings. The van der Waals surface area contributed by atoms with Gasteiger partial charge in [0.15, 0.2) is 0 Å². The highest BCUT2D eigenvalue weighted by Crippen LogP contribution is 2.06. The van der Waals surface area contributed by atoms with Gasteiger partial charge in [0.2, 0.25) is 5.95 Å². The monoisotopic (exact) mass is 272 g/mol. The van der Waals surface area contributed by atoms with E-state index < -0.39 is 10.8 Å². The van der Waals surface area contributed by atoms with Crippen LogP contribution in [0.25, 0.3) is 0 Å². The summed E-state index contributed by atoms with van der Waals surface area (Å²) in [5, 5.41) is 3.08. The molecular formula is C10H16N4OS2. The Morgan fingerprint density at radius 2 is 2.29 bits per heavy atom. The van der Waals surface area contributed by atoms with Crippen LogP contribution < -0.4 is 11.1 Å². The zero-order chi connectivity index (χ0) is 13.0. The Balaban J connectivity index is 2.84. The van der Waals surface area contributed by atoms with Gasteiger partial charge < -0.3 is 11.1 Å². The summed E-state index contributed by atoms with van der Waals surface area (Å²) in [4.78, 5) is 8.66. The van der Waals surface area contributed by atoms with Crippen LogP contribution in [0.2, 0.25) is 0 Å². The fourth-order valence-corrected chi connectivity index (χ4v) is 2.27. The summed E-state index contributed by atoms with van der Waals surface area (Å²) >= 11 is 4.88. The molecule has 0 bridgehead atoms. The smallest absolute Gasteiger partial charge is 0.223 e. The largest absolute Gasteiger partial charge is 0.388 e. The molecule has 2 unspecified atom stereocenters. The van der Waals surface area contributed by atoms with E-state index in [0.29, 0.717) is 17.4 Å². The Kier molecular flexibility index (Phi) is 4.95. The Hall–Kier alpha value is -1.08. The van der Waals surface area contributed by atoms with Gasteiger partial charge in [0.25, 0.3) is 0 Å². The second-order valence-corrected chi connectivity index (χ2v) is 5.79. The highest BCUT2D eigenvalue weighted by atomic mass is 32.2. The fraction of sp³-hybridized carbons (Fsp3) is 0.500. The third-order valence-electron chi connectivity index (χ3n) is 1.97. The van der Waals surface area contributed by atoms with Gasteiger partial charge in [0.05, 0.1) is 0 Å². The molecule has 0 radical (unpaired) electrons. The summed E-state index contributed by atoms with van der Waals surface area (Å²) in [5.41, 5.74) is 6.86. The number of hydrogen-bond acceptors (Lipinski definition) is 5. The van der Waals surface area contributed by atoms with Crippen LogP contribution in [0.15, 0.2) is 6.07 Å². The fourth-order valence-electron chi connectivity index (χ4n) is 1.37. The maximum Gasteiger partial charge on any atom is 0.223 e. The number of nitrogens with two attached hydrogens (primary N) is 1. The van der Waals surface area contributed by atoms with Crippen molar-refractivity contribution in [2.45, 2.75) is 19.9 Å². The molecular weight excluding hydrogens is 256 g/mol. The van der Waals surface area contributed by atoms with Gasteiger partial charge in [-0.3, -0.25) is 4.21 Å². The number of nitrogens with one attached hydrogen (secondary N) is 1. The first-order valence-electron chi connectivity index (χ1n) is 5.10. The lowest BCUT2D eigenvalue weighted by molar-refractivity contribution is 0.682. The Morgan fingerprint density at radius 1 is 1.65 bits per heavy atom. The highest BCUT2D eigenvalue weighted by Gasteiger charge is 2.08. The van der Waals surface area contributed by atoms with Crippen molar-refractivity contribution in [3.05, 3.63) is 17.5 Å². The molecule has 0 fully saturated rings. The van der Waals surface area contributed by atoms with Gasteiger partial charge in [-0.2, -0.15) is 0 Å². The van der Waals surface area contributed by atoms with Crippen molar-refractivity contribution in [3.63, 3.8) is 0 Å². The van der Waals surface area contributed by atoms with Gasteiger partial charge in [-0.25, -0.2) is 9.97 Å². The molecule has 7 heteroatoms. The molecule has 0 saturated heterocycles. The molecule has 0 saturated carbocycles. The van der Waals surface area contributed by atoms with Crippen LogP contribution in [0.3, 0.4) is 0 Å². The van der Waals surface area contributed by atoms with E-state index in [1.54, 1.807) is 12.3 Å². The standard InChI is InChI=1S/C10H16N4OS2/c1-6-4-8(9(11)16)14-10(12-6)13-7(2)5-17(3)15/h4,7H,5H2,1-3H3,(H2,11,16)(H,12,13,14). The van der Waals surface area contributed by atoms with Crippen LogP contribution in [0.1, 0.15) is 18.3 Å². The van der Waals surface area contributed by atoms with Crippen LogP contribution in [-0.4, -0.2) is 37.2 Å². The van der Waals surface area contributed by atoms with Crippen LogP contribution >= 0.6 is 12.2 Å². The van der Waals surface area contributed by atoms with Crippen LogP contribution in [0.5, 0.6) is 0 Å². The normalized spacial score (nSPS) is 14.1. The molecule has 0 aliphatic carbocycles. The van der Waals surface area contributed by atoms with E-state index in [4.69, 9.17) is 18.0 Å². The summed E-state index contributed by atoms with van der Waals surface area (Å²) in [6.07, 6.45) is 1.66. The molecule has 1 aromatic heterocycles. The summed E-state index contributed by atoms with van der Waals surface area (Å²) < 4.78 is 11.1. The summed E-state index contributed by atoms with van der Waals surface area (Å²) in [5.74, 6) is 1.01.